The van der Waals surface area contributed by atoms with Crippen molar-refractivity contribution in [2.45, 2.75) is 96.5 Å². The summed E-state index contributed by atoms with van der Waals surface area (Å²) < 4.78 is 31.5. The molecule has 0 rings (SSSR count). The molecule has 1 atom stereocenters. The molecule has 0 amide bonds. The van der Waals surface area contributed by atoms with Crippen LogP contribution in [-0.4, -0.2) is 29.7 Å². The second-order valence-electron chi connectivity index (χ2n) is 5.89. The summed E-state index contributed by atoms with van der Waals surface area (Å²) in [6, 6.07) is 0. The van der Waals surface area contributed by atoms with E-state index in [9.17, 15) is 18.7 Å². The van der Waals surface area contributed by atoms with Crippen LogP contribution in [0.1, 0.15) is 84.5 Å². The summed E-state index contributed by atoms with van der Waals surface area (Å²) in [7, 11) is 0. The average molecular weight is 322 g/mol. The number of aliphatic hydroxyl groups excluding tert-OH is 1. The lowest BCUT2D eigenvalue weighted by Gasteiger charge is -2.20. The van der Waals surface area contributed by atoms with Crippen LogP contribution in [0.2, 0.25) is 0 Å². The summed E-state index contributed by atoms with van der Waals surface area (Å²) in [5.41, 5.74) is 0. The number of carbonyl (C=O) groups excluding carboxylic acids is 1. The molecule has 0 aromatic rings. The first-order chi connectivity index (χ1) is 10.5. The lowest BCUT2D eigenvalue weighted by atomic mass is 10.0. The number of halogens is 2. The van der Waals surface area contributed by atoms with Gasteiger partial charge in [-0.3, -0.25) is 0 Å². The zero-order chi connectivity index (χ0) is 16.8. The highest BCUT2D eigenvalue weighted by atomic mass is 19.3. The summed E-state index contributed by atoms with van der Waals surface area (Å²) in [6.45, 7) is 3.86. The first-order valence-corrected chi connectivity index (χ1v) is 8.69. The third-order valence-corrected chi connectivity index (χ3v) is 3.71. The number of ether oxygens (including phenoxy) is 1. The minimum atomic E-state index is -3.80. The smallest absolute Gasteiger partial charge is 0.379 e. The molecule has 0 aromatic heterocycles. The van der Waals surface area contributed by atoms with Crippen LogP contribution in [0.15, 0.2) is 0 Å². The Balaban J connectivity index is 3.70. The lowest BCUT2D eigenvalue weighted by Crippen LogP contribution is -2.42. The topological polar surface area (TPSA) is 46.5 Å². The van der Waals surface area contributed by atoms with E-state index in [4.69, 9.17) is 0 Å². The van der Waals surface area contributed by atoms with Gasteiger partial charge >= 0.3 is 11.9 Å². The molecule has 3 nitrogen and oxygen atoms in total. The van der Waals surface area contributed by atoms with Crippen LogP contribution in [0.5, 0.6) is 0 Å². The molecule has 0 aliphatic rings. The summed E-state index contributed by atoms with van der Waals surface area (Å²) in [4.78, 5) is 11.2. The standard InChI is InChI=1S/C17H32F2O3/c1-3-5-6-7-8-9-10-11-12-13-15(20)17(18,19)16(21)22-14-4-2/h15,20H,3-14H2,1-2H3/t15-/m1/s1. The summed E-state index contributed by atoms with van der Waals surface area (Å²) in [6.07, 6.45) is 8.07. The van der Waals surface area contributed by atoms with Crippen molar-refractivity contribution in [3.63, 3.8) is 0 Å². The van der Waals surface area contributed by atoms with Crippen LogP contribution in [-0.2, 0) is 9.53 Å². The summed E-state index contributed by atoms with van der Waals surface area (Å²) in [5, 5.41) is 9.50. The Morgan fingerprint density at radius 3 is 1.95 bits per heavy atom. The van der Waals surface area contributed by atoms with Gasteiger partial charge in [-0.15, -0.1) is 0 Å². The van der Waals surface area contributed by atoms with Crippen LogP contribution in [0.3, 0.4) is 0 Å². The molecule has 22 heavy (non-hydrogen) atoms. The number of esters is 1. The molecule has 5 heteroatoms. The molecule has 1 N–H and O–H groups in total. The monoisotopic (exact) mass is 322 g/mol. The zero-order valence-corrected chi connectivity index (χ0v) is 14.1. The van der Waals surface area contributed by atoms with Crippen molar-refractivity contribution in [2.75, 3.05) is 6.61 Å². The Kier molecular flexibility index (Phi) is 12.4. The predicted molar refractivity (Wildman–Crippen MR) is 84.0 cm³/mol. The van der Waals surface area contributed by atoms with Crippen molar-refractivity contribution < 1.29 is 23.4 Å². The van der Waals surface area contributed by atoms with E-state index in [-0.39, 0.29) is 13.0 Å². The molecular weight excluding hydrogens is 290 g/mol. The lowest BCUT2D eigenvalue weighted by molar-refractivity contribution is -0.189. The van der Waals surface area contributed by atoms with Crippen molar-refractivity contribution in [1.29, 1.82) is 0 Å². The number of aliphatic hydroxyl groups is 1. The number of unbranched alkanes of at least 4 members (excludes halogenated alkanes) is 8. The molecule has 0 fully saturated rings. The number of hydrogen-bond donors (Lipinski definition) is 1. The molecule has 0 spiro atoms. The fraction of sp³-hybridized carbons (Fsp3) is 0.941. The highest BCUT2D eigenvalue weighted by Crippen LogP contribution is 2.25. The first kappa shape index (κ1) is 21.3. The third-order valence-electron chi connectivity index (χ3n) is 3.71. The van der Waals surface area contributed by atoms with E-state index in [1.54, 1.807) is 6.92 Å². The SMILES string of the molecule is CCCCCCCCCCC[C@@H](O)C(F)(F)C(=O)OCCC. The highest BCUT2D eigenvalue weighted by molar-refractivity contribution is 5.78. The van der Waals surface area contributed by atoms with E-state index in [1.165, 1.54) is 32.1 Å². The third kappa shape index (κ3) is 9.34. The number of carbonyl (C=O) groups is 1. The van der Waals surface area contributed by atoms with Gasteiger partial charge in [0.1, 0.15) is 6.10 Å². The Morgan fingerprint density at radius 1 is 0.955 bits per heavy atom. The van der Waals surface area contributed by atoms with Crippen LogP contribution < -0.4 is 0 Å². The van der Waals surface area contributed by atoms with Gasteiger partial charge in [0.2, 0.25) is 0 Å². The van der Waals surface area contributed by atoms with Crippen LogP contribution in [0.4, 0.5) is 8.78 Å². The van der Waals surface area contributed by atoms with Crippen molar-refractivity contribution in [2.24, 2.45) is 0 Å². The van der Waals surface area contributed by atoms with Gasteiger partial charge in [-0.25, -0.2) is 4.79 Å². The first-order valence-electron chi connectivity index (χ1n) is 8.69. The van der Waals surface area contributed by atoms with Crippen molar-refractivity contribution in [3.8, 4) is 0 Å². The largest absolute Gasteiger partial charge is 0.461 e. The molecule has 0 aliphatic carbocycles. The number of hydrogen-bond acceptors (Lipinski definition) is 3. The molecule has 0 aromatic carbocycles. The molecule has 0 aliphatic heterocycles. The summed E-state index contributed by atoms with van der Waals surface area (Å²) in [5.74, 6) is -5.41. The molecule has 0 bridgehead atoms. The zero-order valence-electron chi connectivity index (χ0n) is 14.1. The normalized spacial score (nSPS) is 13.1. The van der Waals surface area contributed by atoms with Gasteiger partial charge in [-0.2, -0.15) is 8.78 Å². The van der Waals surface area contributed by atoms with Crippen LogP contribution >= 0.6 is 0 Å². The molecule has 0 saturated heterocycles. The van der Waals surface area contributed by atoms with Gasteiger partial charge in [0.15, 0.2) is 0 Å². The number of rotatable bonds is 14. The van der Waals surface area contributed by atoms with Crippen LogP contribution in [0.25, 0.3) is 0 Å². The van der Waals surface area contributed by atoms with Gasteiger partial charge in [0.25, 0.3) is 0 Å². The van der Waals surface area contributed by atoms with E-state index < -0.39 is 18.0 Å². The molecule has 0 radical (unpaired) electrons. The van der Waals surface area contributed by atoms with E-state index >= 15 is 0 Å². The van der Waals surface area contributed by atoms with E-state index in [1.807, 2.05) is 0 Å². The Labute approximate surface area is 133 Å². The average Bonchev–Trinajstić information content (AvgIpc) is 2.50. The predicted octanol–water partition coefficient (Wildman–Crippen LogP) is 4.86. The molecular formula is C17H32F2O3. The fourth-order valence-corrected chi connectivity index (χ4v) is 2.26. The minimum Gasteiger partial charge on any atom is -0.461 e. The Bertz CT molecular complexity index is 283. The van der Waals surface area contributed by atoms with Gasteiger partial charge in [-0.05, 0) is 12.8 Å². The maximum absolute atomic E-state index is 13.6. The summed E-state index contributed by atoms with van der Waals surface area (Å²) >= 11 is 0. The maximum atomic E-state index is 13.6. The Hall–Kier alpha value is -0.710. The fourth-order valence-electron chi connectivity index (χ4n) is 2.26. The quantitative estimate of drug-likeness (QED) is 0.367. The number of alkyl halides is 2. The maximum Gasteiger partial charge on any atom is 0.379 e. The van der Waals surface area contributed by atoms with E-state index in [2.05, 4.69) is 11.7 Å². The van der Waals surface area contributed by atoms with Gasteiger partial charge < -0.3 is 9.84 Å². The second kappa shape index (κ2) is 12.8. The van der Waals surface area contributed by atoms with Crippen LogP contribution in [0, 0.1) is 0 Å². The Morgan fingerprint density at radius 2 is 1.45 bits per heavy atom. The molecule has 0 heterocycles. The molecule has 132 valence electrons. The van der Waals surface area contributed by atoms with Gasteiger partial charge in [0.05, 0.1) is 6.61 Å². The van der Waals surface area contributed by atoms with E-state index in [0.29, 0.717) is 12.8 Å². The van der Waals surface area contributed by atoms with E-state index in [0.717, 1.165) is 19.3 Å². The second-order valence-corrected chi connectivity index (χ2v) is 5.89. The minimum absolute atomic E-state index is 0.0425. The molecule has 0 unspecified atom stereocenters. The highest BCUT2D eigenvalue weighted by Gasteiger charge is 2.47. The van der Waals surface area contributed by atoms with Crippen molar-refractivity contribution >= 4 is 5.97 Å². The van der Waals surface area contributed by atoms with Crippen molar-refractivity contribution in [3.05, 3.63) is 0 Å². The van der Waals surface area contributed by atoms with Crippen molar-refractivity contribution in [1.82, 2.24) is 0 Å². The molecule has 0 saturated carbocycles. The van der Waals surface area contributed by atoms with Gasteiger partial charge in [0, 0.05) is 0 Å². The van der Waals surface area contributed by atoms with Gasteiger partial charge in [-0.1, -0.05) is 71.6 Å².